The van der Waals surface area contributed by atoms with E-state index in [4.69, 9.17) is 9.15 Å². The van der Waals surface area contributed by atoms with Crippen molar-refractivity contribution in [2.75, 3.05) is 17.7 Å². The summed E-state index contributed by atoms with van der Waals surface area (Å²) in [7, 11) is 1.52. The van der Waals surface area contributed by atoms with Crippen molar-refractivity contribution in [1.82, 2.24) is 0 Å². The van der Waals surface area contributed by atoms with E-state index in [1.54, 1.807) is 42.5 Å². The number of aryl methyl sites for hydroxylation is 1. The normalized spacial score (nSPS) is 10.3. The summed E-state index contributed by atoms with van der Waals surface area (Å²) in [5.41, 5.74) is 2.67. The Kier molecular flexibility index (Phi) is 5.56. The SMILES string of the molecule is CCc1ccc(C(=O)Nc2cc(NC(=O)c3ccco3)ccc2OC)cc1. The van der Waals surface area contributed by atoms with E-state index in [9.17, 15) is 9.59 Å². The van der Waals surface area contributed by atoms with Crippen molar-refractivity contribution < 1.29 is 18.7 Å². The summed E-state index contributed by atoms with van der Waals surface area (Å²) in [6.07, 6.45) is 2.34. The zero-order chi connectivity index (χ0) is 19.2. The maximum atomic E-state index is 12.5. The van der Waals surface area contributed by atoms with Crippen LogP contribution in [0.1, 0.15) is 33.4 Å². The minimum atomic E-state index is -0.377. The van der Waals surface area contributed by atoms with E-state index in [0.29, 0.717) is 22.7 Å². The standard InChI is InChI=1S/C21H20N2O4/c1-3-14-6-8-15(9-7-14)20(24)23-17-13-16(10-11-18(17)26-2)22-21(25)19-5-4-12-27-19/h4-13H,3H2,1-2H3,(H,22,25)(H,23,24). The predicted octanol–water partition coefficient (Wildman–Crippen LogP) is 4.36. The van der Waals surface area contributed by atoms with Crippen molar-refractivity contribution in [2.24, 2.45) is 0 Å². The average Bonchev–Trinajstić information content (AvgIpc) is 3.23. The molecule has 6 heteroatoms. The molecule has 0 aliphatic carbocycles. The first-order valence-corrected chi connectivity index (χ1v) is 8.54. The van der Waals surface area contributed by atoms with Gasteiger partial charge in [-0.05, 0) is 54.4 Å². The predicted molar refractivity (Wildman–Crippen MR) is 103 cm³/mol. The number of amides is 2. The Bertz CT molecular complexity index is 931. The number of carbonyl (C=O) groups is 2. The van der Waals surface area contributed by atoms with E-state index < -0.39 is 0 Å². The number of hydrogen-bond donors (Lipinski definition) is 2. The molecule has 0 radical (unpaired) electrons. The molecule has 0 saturated carbocycles. The highest BCUT2D eigenvalue weighted by Crippen LogP contribution is 2.28. The van der Waals surface area contributed by atoms with E-state index in [2.05, 4.69) is 17.6 Å². The molecule has 0 aliphatic heterocycles. The van der Waals surface area contributed by atoms with Crippen molar-refractivity contribution >= 4 is 23.2 Å². The number of benzene rings is 2. The molecule has 0 atom stereocenters. The molecule has 1 heterocycles. The minimum absolute atomic E-state index is 0.201. The van der Waals surface area contributed by atoms with Gasteiger partial charge in [-0.1, -0.05) is 19.1 Å². The van der Waals surface area contributed by atoms with Crippen LogP contribution in [0.25, 0.3) is 0 Å². The number of furan rings is 1. The molecular weight excluding hydrogens is 344 g/mol. The fraction of sp³-hybridized carbons (Fsp3) is 0.143. The monoisotopic (exact) mass is 364 g/mol. The molecule has 3 rings (SSSR count). The van der Waals surface area contributed by atoms with Crippen molar-refractivity contribution in [3.63, 3.8) is 0 Å². The first-order chi connectivity index (χ1) is 13.1. The summed E-state index contributed by atoms with van der Waals surface area (Å²) in [4.78, 5) is 24.7. The maximum absolute atomic E-state index is 12.5. The lowest BCUT2D eigenvalue weighted by molar-refractivity contribution is 0.0995. The lowest BCUT2D eigenvalue weighted by Gasteiger charge is -2.13. The lowest BCUT2D eigenvalue weighted by atomic mass is 10.1. The molecule has 6 nitrogen and oxygen atoms in total. The van der Waals surface area contributed by atoms with E-state index >= 15 is 0 Å². The number of anilines is 2. The van der Waals surface area contributed by atoms with Gasteiger partial charge in [-0.25, -0.2) is 0 Å². The molecule has 0 fully saturated rings. The van der Waals surface area contributed by atoms with Crippen LogP contribution < -0.4 is 15.4 Å². The second kappa shape index (κ2) is 8.23. The fourth-order valence-electron chi connectivity index (χ4n) is 2.57. The Morgan fingerprint density at radius 1 is 1.00 bits per heavy atom. The van der Waals surface area contributed by atoms with Crippen LogP contribution in [0.4, 0.5) is 11.4 Å². The van der Waals surface area contributed by atoms with Crippen LogP contribution >= 0.6 is 0 Å². The van der Waals surface area contributed by atoms with Gasteiger partial charge in [0.15, 0.2) is 5.76 Å². The molecule has 2 aromatic carbocycles. The Labute approximate surface area is 157 Å². The van der Waals surface area contributed by atoms with Crippen LogP contribution in [0.3, 0.4) is 0 Å². The molecule has 0 aliphatic rings. The van der Waals surface area contributed by atoms with Gasteiger partial charge in [0.2, 0.25) is 0 Å². The van der Waals surface area contributed by atoms with Gasteiger partial charge in [-0.3, -0.25) is 9.59 Å². The van der Waals surface area contributed by atoms with Gasteiger partial charge in [0.1, 0.15) is 5.75 Å². The number of hydrogen-bond acceptors (Lipinski definition) is 4. The molecule has 0 spiro atoms. The number of rotatable bonds is 6. The number of ether oxygens (including phenoxy) is 1. The molecule has 138 valence electrons. The smallest absolute Gasteiger partial charge is 0.291 e. The third-order valence-corrected chi connectivity index (χ3v) is 4.07. The lowest BCUT2D eigenvalue weighted by Crippen LogP contribution is -2.14. The molecule has 2 N–H and O–H groups in total. The van der Waals surface area contributed by atoms with Gasteiger partial charge >= 0.3 is 0 Å². The molecular formula is C21H20N2O4. The second-order valence-electron chi connectivity index (χ2n) is 5.85. The molecule has 0 unspecified atom stereocenters. The van der Waals surface area contributed by atoms with E-state index in [0.717, 1.165) is 12.0 Å². The van der Waals surface area contributed by atoms with Crippen LogP contribution in [-0.2, 0) is 6.42 Å². The zero-order valence-electron chi connectivity index (χ0n) is 15.1. The number of carbonyl (C=O) groups excluding carboxylic acids is 2. The van der Waals surface area contributed by atoms with Crippen LogP contribution in [0.5, 0.6) is 5.75 Å². The fourth-order valence-corrected chi connectivity index (χ4v) is 2.57. The molecule has 2 amide bonds. The van der Waals surface area contributed by atoms with Gasteiger partial charge in [0, 0.05) is 11.3 Å². The van der Waals surface area contributed by atoms with Gasteiger partial charge in [-0.15, -0.1) is 0 Å². The molecule has 1 aromatic heterocycles. The van der Waals surface area contributed by atoms with Gasteiger partial charge < -0.3 is 19.8 Å². The highest BCUT2D eigenvalue weighted by molar-refractivity contribution is 6.06. The minimum Gasteiger partial charge on any atom is -0.495 e. The molecule has 3 aromatic rings. The molecule has 0 bridgehead atoms. The highest BCUT2D eigenvalue weighted by atomic mass is 16.5. The molecule has 0 saturated heterocycles. The second-order valence-corrected chi connectivity index (χ2v) is 5.85. The van der Waals surface area contributed by atoms with E-state index in [1.807, 2.05) is 12.1 Å². The average molecular weight is 364 g/mol. The van der Waals surface area contributed by atoms with Crippen LogP contribution in [-0.4, -0.2) is 18.9 Å². The third kappa shape index (κ3) is 4.36. The van der Waals surface area contributed by atoms with Crippen molar-refractivity contribution in [1.29, 1.82) is 0 Å². The first kappa shape index (κ1) is 18.3. The van der Waals surface area contributed by atoms with Gasteiger partial charge in [0.05, 0.1) is 19.1 Å². The summed E-state index contributed by atoms with van der Waals surface area (Å²) < 4.78 is 10.4. The summed E-state index contributed by atoms with van der Waals surface area (Å²) in [5.74, 6) is 0.0556. The maximum Gasteiger partial charge on any atom is 0.291 e. The van der Waals surface area contributed by atoms with Crippen LogP contribution in [0.15, 0.2) is 65.3 Å². The van der Waals surface area contributed by atoms with Gasteiger partial charge in [0.25, 0.3) is 11.8 Å². The van der Waals surface area contributed by atoms with E-state index in [1.165, 1.54) is 13.4 Å². The molecule has 27 heavy (non-hydrogen) atoms. The quantitative estimate of drug-likeness (QED) is 0.681. The van der Waals surface area contributed by atoms with Crippen molar-refractivity contribution in [3.05, 3.63) is 77.7 Å². The summed E-state index contributed by atoms with van der Waals surface area (Å²) >= 11 is 0. The summed E-state index contributed by atoms with van der Waals surface area (Å²) in [5, 5.41) is 5.55. The van der Waals surface area contributed by atoms with Crippen molar-refractivity contribution in [3.8, 4) is 5.75 Å². The Morgan fingerprint density at radius 2 is 1.78 bits per heavy atom. The summed E-state index contributed by atoms with van der Waals surface area (Å²) in [6.45, 7) is 2.06. The Hall–Kier alpha value is -3.54. The summed E-state index contributed by atoms with van der Waals surface area (Å²) in [6, 6.07) is 15.6. The number of nitrogens with one attached hydrogen (secondary N) is 2. The number of methoxy groups -OCH3 is 1. The van der Waals surface area contributed by atoms with Crippen molar-refractivity contribution in [2.45, 2.75) is 13.3 Å². The first-order valence-electron chi connectivity index (χ1n) is 8.54. The highest BCUT2D eigenvalue weighted by Gasteiger charge is 2.13. The van der Waals surface area contributed by atoms with E-state index in [-0.39, 0.29) is 17.6 Å². The van der Waals surface area contributed by atoms with Gasteiger partial charge in [-0.2, -0.15) is 0 Å². The zero-order valence-corrected chi connectivity index (χ0v) is 15.1. The Morgan fingerprint density at radius 3 is 2.41 bits per heavy atom. The topological polar surface area (TPSA) is 80.6 Å². The largest absolute Gasteiger partial charge is 0.495 e. The third-order valence-electron chi connectivity index (χ3n) is 4.07. The van der Waals surface area contributed by atoms with Crippen LogP contribution in [0, 0.1) is 0 Å². The van der Waals surface area contributed by atoms with Crippen LogP contribution in [0.2, 0.25) is 0 Å². The Balaban J connectivity index is 1.78.